The lowest BCUT2D eigenvalue weighted by molar-refractivity contribution is 0.562. The van der Waals surface area contributed by atoms with Gasteiger partial charge in [-0.25, -0.2) is 13.1 Å². The van der Waals surface area contributed by atoms with Crippen molar-refractivity contribution in [1.29, 1.82) is 0 Å². The third-order valence-electron chi connectivity index (χ3n) is 3.48. The van der Waals surface area contributed by atoms with Crippen molar-refractivity contribution < 1.29 is 8.42 Å². The molecule has 4 nitrogen and oxygen atoms in total. The number of halogens is 1. The summed E-state index contributed by atoms with van der Waals surface area (Å²) in [4.78, 5) is 0.377. The summed E-state index contributed by atoms with van der Waals surface area (Å²) in [5.41, 5.74) is 1.73. The van der Waals surface area contributed by atoms with Crippen LogP contribution in [-0.2, 0) is 16.6 Å². The summed E-state index contributed by atoms with van der Waals surface area (Å²) in [5.74, 6) is 1.88. The van der Waals surface area contributed by atoms with E-state index in [4.69, 9.17) is 0 Å². The number of thioether (sulfide) groups is 1. The Bertz CT molecular complexity index is 599. The highest BCUT2D eigenvalue weighted by atomic mass is 79.9. The van der Waals surface area contributed by atoms with Crippen molar-refractivity contribution in [3.63, 3.8) is 0 Å². The van der Waals surface area contributed by atoms with Gasteiger partial charge in [0, 0.05) is 22.8 Å². The van der Waals surface area contributed by atoms with E-state index in [2.05, 4.69) is 26.0 Å². The van der Waals surface area contributed by atoms with Crippen LogP contribution in [0.25, 0.3) is 0 Å². The van der Waals surface area contributed by atoms with Crippen LogP contribution in [0.3, 0.4) is 0 Å². The van der Waals surface area contributed by atoms with Crippen LogP contribution < -0.4 is 10.0 Å². The van der Waals surface area contributed by atoms with Crippen molar-refractivity contribution in [3.8, 4) is 0 Å². The standard InChI is InChI=1S/C14H21BrN2O2S2/c1-3-16-8-11-6-13(15)10(2)14(7-11)21(18,19)17-12-4-5-20-9-12/h6-7,12,16-17H,3-5,8-9H2,1-2H3. The van der Waals surface area contributed by atoms with Crippen LogP contribution in [0, 0.1) is 6.92 Å². The summed E-state index contributed by atoms with van der Waals surface area (Å²) in [7, 11) is -3.47. The molecular formula is C14H21BrN2O2S2. The van der Waals surface area contributed by atoms with E-state index in [1.807, 2.05) is 19.9 Å². The van der Waals surface area contributed by atoms with Crippen LogP contribution in [0.1, 0.15) is 24.5 Å². The Morgan fingerprint density at radius 2 is 2.19 bits per heavy atom. The van der Waals surface area contributed by atoms with E-state index in [9.17, 15) is 8.42 Å². The fraction of sp³-hybridized carbons (Fsp3) is 0.571. The zero-order chi connectivity index (χ0) is 15.5. The molecule has 7 heteroatoms. The fourth-order valence-corrected chi connectivity index (χ4v) is 5.75. The second-order valence-corrected chi connectivity index (χ2v) is 8.85. The molecule has 0 aromatic heterocycles. The van der Waals surface area contributed by atoms with Crippen molar-refractivity contribution in [3.05, 3.63) is 27.7 Å². The maximum Gasteiger partial charge on any atom is 0.241 e. The van der Waals surface area contributed by atoms with Crippen LogP contribution in [0.15, 0.2) is 21.5 Å². The molecule has 1 aliphatic heterocycles. The zero-order valence-corrected chi connectivity index (χ0v) is 15.5. The molecular weight excluding hydrogens is 372 g/mol. The highest BCUT2D eigenvalue weighted by molar-refractivity contribution is 9.10. The quantitative estimate of drug-likeness (QED) is 0.780. The maximum atomic E-state index is 12.6. The number of nitrogens with one attached hydrogen (secondary N) is 2. The van der Waals surface area contributed by atoms with Crippen molar-refractivity contribution >= 4 is 37.7 Å². The van der Waals surface area contributed by atoms with Crippen LogP contribution in [0.2, 0.25) is 0 Å². The maximum absolute atomic E-state index is 12.6. The fourth-order valence-electron chi connectivity index (χ4n) is 2.27. The number of sulfonamides is 1. The van der Waals surface area contributed by atoms with Gasteiger partial charge in [-0.2, -0.15) is 11.8 Å². The smallest absolute Gasteiger partial charge is 0.241 e. The summed E-state index contributed by atoms with van der Waals surface area (Å²) in [6, 6.07) is 3.80. The third-order valence-corrected chi connectivity index (χ3v) is 7.11. The van der Waals surface area contributed by atoms with E-state index in [1.54, 1.807) is 17.8 Å². The molecule has 0 spiro atoms. The summed E-state index contributed by atoms with van der Waals surface area (Å²) >= 11 is 5.26. The van der Waals surface area contributed by atoms with E-state index < -0.39 is 10.0 Å². The van der Waals surface area contributed by atoms with Crippen molar-refractivity contribution in [2.75, 3.05) is 18.1 Å². The third kappa shape index (κ3) is 4.45. The molecule has 21 heavy (non-hydrogen) atoms. The van der Waals surface area contributed by atoms with Gasteiger partial charge in [0.2, 0.25) is 10.0 Å². The van der Waals surface area contributed by atoms with Gasteiger partial charge in [-0.15, -0.1) is 0 Å². The first-order valence-corrected chi connectivity index (χ1v) is 10.5. The Labute approximate surface area is 139 Å². The molecule has 1 heterocycles. The second kappa shape index (κ2) is 7.46. The Hall–Kier alpha value is -0.0800. The molecule has 1 fully saturated rings. The van der Waals surface area contributed by atoms with E-state index in [0.29, 0.717) is 11.4 Å². The Morgan fingerprint density at radius 3 is 2.81 bits per heavy atom. The summed E-state index contributed by atoms with van der Waals surface area (Å²) in [6.45, 7) is 5.38. The van der Waals surface area contributed by atoms with E-state index in [1.165, 1.54) is 0 Å². The molecule has 1 unspecified atom stereocenters. The Kier molecular flexibility index (Phi) is 6.14. The van der Waals surface area contributed by atoms with Crippen LogP contribution >= 0.6 is 27.7 Å². The van der Waals surface area contributed by atoms with Gasteiger partial charge in [0.15, 0.2) is 0 Å². The van der Waals surface area contributed by atoms with E-state index in [0.717, 1.165) is 40.1 Å². The minimum absolute atomic E-state index is 0.0515. The van der Waals surface area contributed by atoms with Crippen molar-refractivity contribution in [2.45, 2.75) is 37.8 Å². The average molecular weight is 393 g/mol. The number of hydrogen-bond donors (Lipinski definition) is 2. The molecule has 1 aromatic carbocycles. The molecule has 0 bridgehead atoms. The van der Waals surface area contributed by atoms with Crippen molar-refractivity contribution in [2.24, 2.45) is 0 Å². The Balaban J connectivity index is 2.29. The monoisotopic (exact) mass is 392 g/mol. The van der Waals surface area contributed by atoms with Crippen LogP contribution in [0.4, 0.5) is 0 Å². The number of benzene rings is 1. The molecule has 2 N–H and O–H groups in total. The zero-order valence-electron chi connectivity index (χ0n) is 12.3. The topological polar surface area (TPSA) is 58.2 Å². The summed E-state index contributed by atoms with van der Waals surface area (Å²) in [5, 5.41) is 3.22. The summed E-state index contributed by atoms with van der Waals surface area (Å²) < 4.78 is 28.9. The molecule has 0 radical (unpaired) electrons. The van der Waals surface area contributed by atoms with Gasteiger partial charge >= 0.3 is 0 Å². The van der Waals surface area contributed by atoms with Crippen LogP contribution in [0.5, 0.6) is 0 Å². The molecule has 1 atom stereocenters. The lowest BCUT2D eigenvalue weighted by atomic mass is 10.1. The molecule has 0 amide bonds. The van der Waals surface area contributed by atoms with Crippen molar-refractivity contribution in [1.82, 2.24) is 10.0 Å². The minimum Gasteiger partial charge on any atom is -0.313 e. The largest absolute Gasteiger partial charge is 0.313 e. The molecule has 1 aromatic rings. The number of rotatable bonds is 6. The highest BCUT2D eigenvalue weighted by Crippen LogP contribution is 2.27. The predicted octanol–water partition coefficient (Wildman–Crippen LogP) is 2.65. The van der Waals surface area contributed by atoms with Gasteiger partial charge in [-0.1, -0.05) is 22.9 Å². The number of hydrogen-bond acceptors (Lipinski definition) is 4. The van der Waals surface area contributed by atoms with Gasteiger partial charge in [0.05, 0.1) is 4.90 Å². The molecule has 0 saturated carbocycles. The van der Waals surface area contributed by atoms with E-state index in [-0.39, 0.29) is 6.04 Å². The van der Waals surface area contributed by atoms with Gasteiger partial charge in [0.1, 0.15) is 0 Å². The minimum atomic E-state index is -3.47. The SMILES string of the molecule is CCNCc1cc(Br)c(C)c(S(=O)(=O)NC2CCSC2)c1. The molecule has 118 valence electrons. The van der Waals surface area contributed by atoms with Crippen LogP contribution in [-0.4, -0.2) is 32.5 Å². The molecule has 1 saturated heterocycles. The summed E-state index contributed by atoms with van der Waals surface area (Å²) in [6.07, 6.45) is 0.904. The van der Waals surface area contributed by atoms with E-state index >= 15 is 0 Å². The van der Waals surface area contributed by atoms with Gasteiger partial charge < -0.3 is 5.32 Å². The van der Waals surface area contributed by atoms with Gasteiger partial charge in [-0.3, -0.25) is 0 Å². The van der Waals surface area contributed by atoms with Gasteiger partial charge in [0.25, 0.3) is 0 Å². The van der Waals surface area contributed by atoms with Gasteiger partial charge in [-0.05, 0) is 48.9 Å². The first-order valence-electron chi connectivity index (χ1n) is 7.04. The average Bonchev–Trinajstić information content (AvgIpc) is 2.91. The predicted molar refractivity (Wildman–Crippen MR) is 92.3 cm³/mol. The highest BCUT2D eigenvalue weighted by Gasteiger charge is 2.25. The first kappa shape index (κ1) is 17.3. The molecule has 2 rings (SSSR count). The normalized spacial score (nSPS) is 19.1. The Morgan fingerprint density at radius 1 is 1.43 bits per heavy atom. The lowest BCUT2D eigenvalue weighted by Crippen LogP contribution is -2.35. The lowest BCUT2D eigenvalue weighted by Gasteiger charge is -2.16. The molecule has 1 aliphatic rings. The molecule has 0 aliphatic carbocycles. The second-order valence-electron chi connectivity index (χ2n) is 5.16. The first-order chi connectivity index (χ1) is 9.94.